The van der Waals surface area contributed by atoms with Gasteiger partial charge in [0.1, 0.15) is 12.6 Å². The number of hydrogen-bond acceptors (Lipinski definition) is 3. The van der Waals surface area contributed by atoms with E-state index in [2.05, 4.69) is 0 Å². The van der Waals surface area contributed by atoms with Crippen LogP contribution in [0.2, 0.25) is 0 Å². The lowest BCUT2D eigenvalue weighted by Crippen LogP contribution is -2.55. The first kappa shape index (κ1) is 14.3. The van der Waals surface area contributed by atoms with Crippen molar-refractivity contribution in [2.24, 2.45) is 0 Å². The first-order chi connectivity index (χ1) is 8.18. The van der Waals surface area contributed by atoms with E-state index in [1.165, 1.54) is 4.90 Å². The molecule has 1 N–H and O–H groups in total. The smallest absolute Gasteiger partial charge is 0.410 e. The molecule has 0 aliphatic carbocycles. The summed E-state index contributed by atoms with van der Waals surface area (Å²) in [5.41, 5.74) is 0.883. The molecule has 0 unspecified atom stereocenters. The second-order valence-corrected chi connectivity index (χ2v) is 3.88. The number of likely N-dealkylation sites (tertiary alicyclic amines) is 1. The molecule has 1 atom stereocenters. The first-order valence-corrected chi connectivity index (χ1v) is 5.38. The number of halogens is 1. The van der Waals surface area contributed by atoms with Crippen LogP contribution in [0.3, 0.4) is 0 Å². The van der Waals surface area contributed by atoms with E-state index in [9.17, 15) is 9.59 Å². The number of aliphatic carboxylic acids is 1. The quantitative estimate of drug-likeness (QED) is 0.912. The summed E-state index contributed by atoms with van der Waals surface area (Å²) in [5.74, 6) is -0.979. The van der Waals surface area contributed by atoms with Gasteiger partial charge in [0.15, 0.2) is 0 Å². The fraction of sp³-hybridized carbons (Fsp3) is 0.333. The summed E-state index contributed by atoms with van der Waals surface area (Å²) < 4.78 is 5.04. The lowest BCUT2D eigenvalue weighted by atomic mass is 10.1. The molecule has 1 heterocycles. The molecule has 18 heavy (non-hydrogen) atoms. The van der Waals surface area contributed by atoms with Crippen molar-refractivity contribution in [3.8, 4) is 0 Å². The van der Waals surface area contributed by atoms with Crippen molar-refractivity contribution < 1.29 is 19.4 Å². The molecule has 2 rings (SSSR count). The summed E-state index contributed by atoms with van der Waals surface area (Å²) in [5, 5.41) is 8.79. The zero-order chi connectivity index (χ0) is 12.3. The summed E-state index contributed by atoms with van der Waals surface area (Å²) in [6, 6.07) is 8.55. The number of ether oxygens (including phenoxy) is 1. The van der Waals surface area contributed by atoms with Crippen LogP contribution in [0.25, 0.3) is 0 Å². The van der Waals surface area contributed by atoms with Crippen molar-refractivity contribution >= 4 is 24.5 Å². The molecule has 0 saturated carbocycles. The van der Waals surface area contributed by atoms with E-state index < -0.39 is 18.1 Å². The summed E-state index contributed by atoms with van der Waals surface area (Å²) in [7, 11) is 0. The van der Waals surface area contributed by atoms with Crippen molar-refractivity contribution in [2.45, 2.75) is 19.1 Å². The molecule has 1 aliphatic rings. The van der Waals surface area contributed by atoms with Crippen LogP contribution in [-0.4, -0.2) is 34.7 Å². The second-order valence-electron chi connectivity index (χ2n) is 3.88. The second kappa shape index (κ2) is 6.26. The van der Waals surface area contributed by atoms with Crippen LogP contribution in [0.4, 0.5) is 4.79 Å². The number of nitrogens with zero attached hydrogens (tertiary/aromatic N) is 1. The highest BCUT2D eigenvalue weighted by Gasteiger charge is 2.38. The Bertz CT molecular complexity index is 423. The van der Waals surface area contributed by atoms with Crippen molar-refractivity contribution in [3.05, 3.63) is 35.9 Å². The minimum atomic E-state index is -0.979. The third-order valence-electron chi connectivity index (χ3n) is 2.74. The molecule has 1 amide bonds. The summed E-state index contributed by atoms with van der Waals surface area (Å²) in [4.78, 5) is 23.5. The number of benzene rings is 1. The predicted molar refractivity (Wildman–Crippen MR) is 66.6 cm³/mol. The lowest BCUT2D eigenvalue weighted by Gasteiger charge is -2.36. The maximum absolute atomic E-state index is 11.6. The Labute approximate surface area is 111 Å². The number of carbonyl (C=O) groups is 2. The zero-order valence-electron chi connectivity index (χ0n) is 9.61. The van der Waals surface area contributed by atoms with Gasteiger partial charge in [0.05, 0.1) is 0 Å². The number of carbonyl (C=O) groups excluding carboxylic acids is 1. The van der Waals surface area contributed by atoms with Gasteiger partial charge in [-0.2, -0.15) is 0 Å². The van der Waals surface area contributed by atoms with Gasteiger partial charge >= 0.3 is 12.1 Å². The molecule has 1 aromatic carbocycles. The highest BCUT2D eigenvalue weighted by atomic mass is 35.5. The van der Waals surface area contributed by atoms with E-state index in [1.807, 2.05) is 30.3 Å². The largest absolute Gasteiger partial charge is 0.480 e. The van der Waals surface area contributed by atoms with Gasteiger partial charge in [-0.3, -0.25) is 4.90 Å². The molecule has 1 aromatic rings. The Balaban J connectivity index is 0.00000162. The van der Waals surface area contributed by atoms with E-state index in [-0.39, 0.29) is 19.0 Å². The Morgan fingerprint density at radius 3 is 2.50 bits per heavy atom. The molecule has 0 aromatic heterocycles. The molecular formula is C12H14ClNO4. The fourth-order valence-electron chi connectivity index (χ4n) is 1.66. The lowest BCUT2D eigenvalue weighted by molar-refractivity contribution is -0.146. The number of amides is 1. The van der Waals surface area contributed by atoms with Crippen LogP contribution >= 0.6 is 12.4 Å². The van der Waals surface area contributed by atoms with Gasteiger partial charge in [0, 0.05) is 6.54 Å². The summed E-state index contributed by atoms with van der Waals surface area (Å²) in [6.07, 6.45) is -0.0667. The van der Waals surface area contributed by atoms with Crippen molar-refractivity contribution in [1.29, 1.82) is 0 Å². The fourth-order valence-corrected chi connectivity index (χ4v) is 1.66. The van der Waals surface area contributed by atoms with Gasteiger partial charge in [0.2, 0.25) is 0 Å². The van der Waals surface area contributed by atoms with E-state index >= 15 is 0 Å². The van der Waals surface area contributed by atoms with Crippen LogP contribution < -0.4 is 0 Å². The van der Waals surface area contributed by atoms with Gasteiger partial charge in [0.25, 0.3) is 0 Å². The Hall–Kier alpha value is -1.75. The highest BCUT2D eigenvalue weighted by Crippen LogP contribution is 2.19. The topological polar surface area (TPSA) is 66.8 Å². The maximum Gasteiger partial charge on any atom is 0.410 e. The molecule has 1 aliphatic heterocycles. The van der Waals surface area contributed by atoms with Crippen LogP contribution in [-0.2, 0) is 16.1 Å². The Morgan fingerprint density at radius 1 is 1.33 bits per heavy atom. The van der Waals surface area contributed by atoms with E-state index in [0.717, 1.165) is 5.56 Å². The van der Waals surface area contributed by atoms with Gasteiger partial charge in [-0.25, -0.2) is 9.59 Å². The van der Waals surface area contributed by atoms with Crippen LogP contribution in [0.1, 0.15) is 12.0 Å². The molecule has 1 saturated heterocycles. The monoisotopic (exact) mass is 271 g/mol. The van der Waals surface area contributed by atoms with Crippen molar-refractivity contribution in [3.63, 3.8) is 0 Å². The molecule has 0 bridgehead atoms. The van der Waals surface area contributed by atoms with Crippen molar-refractivity contribution in [1.82, 2.24) is 4.90 Å². The molecule has 0 spiro atoms. The average Bonchev–Trinajstić information content (AvgIpc) is 2.25. The molecule has 0 radical (unpaired) electrons. The van der Waals surface area contributed by atoms with E-state index in [0.29, 0.717) is 13.0 Å². The molecule has 1 fully saturated rings. The van der Waals surface area contributed by atoms with Crippen LogP contribution in [0.5, 0.6) is 0 Å². The Morgan fingerprint density at radius 2 is 2.00 bits per heavy atom. The van der Waals surface area contributed by atoms with Crippen LogP contribution in [0.15, 0.2) is 30.3 Å². The maximum atomic E-state index is 11.6. The third kappa shape index (κ3) is 3.13. The average molecular weight is 272 g/mol. The number of rotatable bonds is 3. The third-order valence-corrected chi connectivity index (χ3v) is 2.74. The number of carboxylic acid groups (broad SMARTS) is 1. The molecule has 98 valence electrons. The van der Waals surface area contributed by atoms with Gasteiger partial charge in [-0.15, -0.1) is 12.4 Å². The van der Waals surface area contributed by atoms with Gasteiger partial charge in [-0.1, -0.05) is 30.3 Å². The van der Waals surface area contributed by atoms with Crippen LogP contribution in [0, 0.1) is 0 Å². The SMILES string of the molecule is Cl.O=C(O)[C@@H]1CCN1C(=O)OCc1ccccc1. The Kier molecular flexibility index (Phi) is 4.97. The minimum absolute atomic E-state index is 0. The predicted octanol–water partition coefficient (Wildman–Crippen LogP) is 1.90. The highest BCUT2D eigenvalue weighted by molar-refractivity contribution is 5.85. The van der Waals surface area contributed by atoms with E-state index in [1.54, 1.807) is 0 Å². The molecule has 5 nitrogen and oxygen atoms in total. The minimum Gasteiger partial charge on any atom is -0.480 e. The van der Waals surface area contributed by atoms with Gasteiger partial charge < -0.3 is 9.84 Å². The molecular weight excluding hydrogens is 258 g/mol. The first-order valence-electron chi connectivity index (χ1n) is 5.38. The normalized spacial score (nSPS) is 17.3. The number of hydrogen-bond donors (Lipinski definition) is 1. The number of carboxylic acids is 1. The summed E-state index contributed by atoms with van der Waals surface area (Å²) in [6.45, 7) is 0.618. The van der Waals surface area contributed by atoms with Gasteiger partial charge in [-0.05, 0) is 12.0 Å². The standard InChI is InChI=1S/C12H13NO4.ClH/c14-11(15)10-6-7-13(10)12(16)17-8-9-4-2-1-3-5-9;/h1-5,10H,6-8H2,(H,14,15);1H/t10-;/m0./s1. The van der Waals surface area contributed by atoms with Crippen molar-refractivity contribution in [2.75, 3.05) is 6.54 Å². The summed E-state index contributed by atoms with van der Waals surface area (Å²) >= 11 is 0. The zero-order valence-corrected chi connectivity index (χ0v) is 10.4. The molecule has 6 heteroatoms. The van der Waals surface area contributed by atoms with E-state index in [4.69, 9.17) is 9.84 Å².